The molecule has 0 aliphatic carbocycles. The Morgan fingerprint density at radius 3 is 2.69 bits per heavy atom. The maximum Gasteiger partial charge on any atom is 0.318 e. The Morgan fingerprint density at radius 1 is 1.26 bits per heavy atom. The van der Waals surface area contributed by atoms with Crippen molar-refractivity contribution in [2.24, 2.45) is 5.92 Å². The van der Waals surface area contributed by atoms with Crippen LogP contribution in [0.5, 0.6) is 6.01 Å². The summed E-state index contributed by atoms with van der Waals surface area (Å²) in [6.45, 7) is 10.2. The van der Waals surface area contributed by atoms with Gasteiger partial charge in [0.1, 0.15) is 11.6 Å². The van der Waals surface area contributed by atoms with Crippen molar-refractivity contribution < 1.29 is 18.7 Å². The molecule has 2 aliphatic rings. The molecule has 4 rings (SSSR count). The average Bonchev–Trinajstić information content (AvgIpc) is 2.86. The van der Waals surface area contributed by atoms with E-state index in [-0.39, 0.29) is 23.5 Å². The lowest BCUT2D eigenvalue weighted by Gasteiger charge is -2.36. The fourth-order valence-electron chi connectivity index (χ4n) is 4.91. The topological polar surface area (TPSA) is 78.9 Å². The second kappa shape index (κ2) is 10.4. The number of fused-ring (bicyclic) bond motifs is 1. The minimum absolute atomic E-state index is 0.00860. The van der Waals surface area contributed by atoms with Crippen LogP contribution in [0.1, 0.15) is 30.2 Å². The summed E-state index contributed by atoms with van der Waals surface area (Å²) in [4.78, 5) is 39.8. The number of aryl methyl sites for hydroxylation is 1. The number of halogens is 1. The van der Waals surface area contributed by atoms with Crippen LogP contribution in [0, 0.1) is 18.7 Å². The number of hydrogen-bond donors (Lipinski definition) is 0. The molecule has 1 fully saturated rings. The van der Waals surface area contributed by atoms with E-state index in [0.29, 0.717) is 69.3 Å². The number of piperazine rings is 1. The summed E-state index contributed by atoms with van der Waals surface area (Å²) in [5.41, 5.74) is 2.97. The maximum atomic E-state index is 14.5. The molecule has 8 nitrogen and oxygen atoms in total. The number of carbonyl (C=O) groups excluding carboxylic acids is 2. The number of nitrogens with zero attached hydrogens (tertiary/aromatic N) is 5. The molecule has 1 saturated heterocycles. The molecule has 2 aromatic rings. The molecule has 35 heavy (non-hydrogen) atoms. The fourth-order valence-corrected chi connectivity index (χ4v) is 4.91. The molecule has 2 aliphatic heterocycles. The van der Waals surface area contributed by atoms with Crippen molar-refractivity contribution in [3.8, 4) is 6.01 Å². The third-order valence-corrected chi connectivity index (χ3v) is 6.84. The van der Waals surface area contributed by atoms with Gasteiger partial charge in [-0.2, -0.15) is 4.98 Å². The van der Waals surface area contributed by atoms with Crippen molar-refractivity contribution in [3.63, 3.8) is 0 Å². The van der Waals surface area contributed by atoms with Gasteiger partial charge in [-0.1, -0.05) is 12.6 Å². The highest BCUT2D eigenvalue weighted by Gasteiger charge is 2.33. The molecule has 1 aromatic carbocycles. The van der Waals surface area contributed by atoms with Crippen LogP contribution in [0.15, 0.2) is 30.9 Å². The van der Waals surface area contributed by atoms with E-state index in [1.165, 1.54) is 12.1 Å². The van der Waals surface area contributed by atoms with Crippen molar-refractivity contribution in [1.82, 2.24) is 14.9 Å². The van der Waals surface area contributed by atoms with Gasteiger partial charge in [0.25, 0.3) is 0 Å². The molecule has 3 heterocycles. The van der Waals surface area contributed by atoms with E-state index in [9.17, 15) is 14.0 Å². The third-order valence-electron chi connectivity index (χ3n) is 6.84. The van der Waals surface area contributed by atoms with E-state index >= 15 is 0 Å². The monoisotopic (exact) mass is 481 g/mol. The van der Waals surface area contributed by atoms with Crippen molar-refractivity contribution in [2.45, 2.75) is 33.1 Å². The number of carbonyl (C=O) groups is 2. The van der Waals surface area contributed by atoms with Gasteiger partial charge in [0.05, 0.1) is 6.61 Å². The van der Waals surface area contributed by atoms with E-state index in [1.54, 1.807) is 29.0 Å². The minimum Gasteiger partial charge on any atom is -0.464 e. The van der Waals surface area contributed by atoms with Gasteiger partial charge in [0, 0.05) is 61.7 Å². The van der Waals surface area contributed by atoms with Crippen molar-refractivity contribution >= 4 is 23.3 Å². The standard InChI is InChI=1S/C26H32FN5O3/c1-5-23(33)31-12-14-32(15-13-31)24-19(17(3)28-26(29-24)35-6-2)11-10-18-16-20-21(27)8-7-9-22(20)30(4)25(18)34/h5,7-9,18H,1,6,10-16H2,2-4H3/t18-/m1/s1. The summed E-state index contributed by atoms with van der Waals surface area (Å²) in [6.07, 6.45) is 2.84. The Morgan fingerprint density at radius 2 is 2.00 bits per heavy atom. The van der Waals surface area contributed by atoms with E-state index in [0.717, 1.165) is 17.1 Å². The van der Waals surface area contributed by atoms with Gasteiger partial charge in [-0.15, -0.1) is 0 Å². The predicted molar refractivity (Wildman–Crippen MR) is 132 cm³/mol. The molecule has 186 valence electrons. The molecular formula is C26H32FN5O3. The molecule has 0 bridgehead atoms. The van der Waals surface area contributed by atoms with E-state index in [1.807, 2.05) is 13.8 Å². The van der Waals surface area contributed by atoms with Crippen LogP contribution >= 0.6 is 0 Å². The zero-order chi connectivity index (χ0) is 25.1. The first-order chi connectivity index (χ1) is 16.8. The van der Waals surface area contributed by atoms with Crippen LogP contribution in [-0.2, 0) is 22.4 Å². The fraction of sp³-hybridized carbons (Fsp3) is 0.462. The summed E-state index contributed by atoms with van der Waals surface area (Å²) >= 11 is 0. The quantitative estimate of drug-likeness (QED) is 0.566. The van der Waals surface area contributed by atoms with Crippen molar-refractivity contribution in [1.29, 1.82) is 0 Å². The second-order valence-electron chi connectivity index (χ2n) is 8.92. The Labute approximate surface area is 205 Å². The Kier molecular flexibility index (Phi) is 7.33. The number of anilines is 2. The van der Waals surface area contributed by atoms with Gasteiger partial charge in [0.2, 0.25) is 11.8 Å². The second-order valence-corrected chi connectivity index (χ2v) is 8.92. The van der Waals surface area contributed by atoms with E-state index in [4.69, 9.17) is 9.72 Å². The highest BCUT2D eigenvalue weighted by molar-refractivity contribution is 5.97. The van der Waals surface area contributed by atoms with Crippen LogP contribution in [0.4, 0.5) is 15.9 Å². The summed E-state index contributed by atoms with van der Waals surface area (Å²) in [5, 5.41) is 0. The summed E-state index contributed by atoms with van der Waals surface area (Å²) in [6, 6.07) is 5.18. The van der Waals surface area contributed by atoms with Gasteiger partial charge in [-0.25, -0.2) is 9.37 Å². The van der Waals surface area contributed by atoms with Crippen LogP contribution in [0.3, 0.4) is 0 Å². The smallest absolute Gasteiger partial charge is 0.318 e. The van der Waals surface area contributed by atoms with Crippen molar-refractivity contribution in [2.75, 3.05) is 49.6 Å². The number of hydrogen-bond acceptors (Lipinski definition) is 6. The molecule has 0 saturated carbocycles. The molecule has 2 amide bonds. The number of ether oxygens (including phenoxy) is 1. The SMILES string of the molecule is C=CC(=O)N1CCN(c2nc(OCC)nc(C)c2CC[C@@H]2Cc3c(F)cccc3N(C)C2=O)CC1. The number of rotatable bonds is 7. The van der Waals surface area contributed by atoms with Gasteiger partial charge in [-0.05, 0) is 51.3 Å². The summed E-state index contributed by atoms with van der Waals surface area (Å²) < 4.78 is 20.1. The molecule has 0 N–H and O–H groups in total. The zero-order valence-electron chi connectivity index (χ0n) is 20.6. The molecule has 1 aromatic heterocycles. The minimum atomic E-state index is -0.328. The normalized spacial score (nSPS) is 17.9. The third kappa shape index (κ3) is 4.99. The largest absolute Gasteiger partial charge is 0.464 e. The molecule has 0 spiro atoms. The first kappa shape index (κ1) is 24.6. The van der Waals surface area contributed by atoms with Crippen LogP contribution < -0.4 is 14.5 Å². The molecule has 0 radical (unpaired) electrons. The highest BCUT2D eigenvalue weighted by Crippen LogP contribution is 2.34. The van der Waals surface area contributed by atoms with E-state index in [2.05, 4.69) is 16.5 Å². The number of benzene rings is 1. The van der Waals surface area contributed by atoms with Gasteiger partial charge in [-0.3, -0.25) is 9.59 Å². The summed E-state index contributed by atoms with van der Waals surface area (Å²) in [5.74, 6) is 0.0806. The molecule has 9 heteroatoms. The number of amides is 2. The first-order valence-electron chi connectivity index (χ1n) is 12.1. The zero-order valence-corrected chi connectivity index (χ0v) is 20.6. The first-order valence-corrected chi connectivity index (χ1v) is 12.1. The van der Waals surface area contributed by atoms with E-state index < -0.39 is 0 Å². The van der Waals surface area contributed by atoms with Crippen LogP contribution in [0.25, 0.3) is 0 Å². The van der Waals surface area contributed by atoms with Crippen LogP contribution in [-0.4, -0.2) is 66.5 Å². The Balaban J connectivity index is 1.57. The van der Waals surface area contributed by atoms with Crippen LogP contribution in [0.2, 0.25) is 0 Å². The lowest BCUT2D eigenvalue weighted by atomic mass is 9.87. The molecule has 1 atom stereocenters. The lowest BCUT2D eigenvalue weighted by Crippen LogP contribution is -2.49. The average molecular weight is 482 g/mol. The highest BCUT2D eigenvalue weighted by atomic mass is 19.1. The Bertz CT molecular complexity index is 1130. The molecule has 0 unspecified atom stereocenters. The number of aromatic nitrogens is 2. The van der Waals surface area contributed by atoms with Gasteiger partial charge < -0.3 is 19.4 Å². The summed E-state index contributed by atoms with van der Waals surface area (Å²) in [7, 11) is 1.70. The van der Waals surface area contributed by atoms with Crippen molar-refractivity contribution in [3.05, 3.63) is 53.5 Å². The predicted octanol–water partition coefficient (Wildman–Crippen LogP) is 2.93. The van der Waals surface area contributed by atoms with Gasteiger partial charge >= 0.3 is 6.01 Å². The maximum absolute atomic E-state index is 14.5. The molecular weight excluding hydrogens is 449 g/mol. The van der Waals surface area contributed by atoms with Gasteiger partial charge in [0.15, 0.2) is 0 Å². The lowest BCUT2D eigenvalue weighted by molar-refractivity contribution is -0.126. The Hall–Kier alpha value is -3.49.